The van der Waals surface area contributed by atoms with Crippen molar-refractivity contribution in [3.8, 4) is 16.8 Å². The Hall–Kier alpha value is -5.86. The molecule has 0 amide bonds. The SMILES string of the molecule is CC1(C)c2ccccc2-c2c1c1oc3ccccc3c1c1c3ccccc3n(-c3ccc4c5ccccc5c5ccccc5c4c3)c21. The van der Waals surface area contributed by atoms with E-state index < -0.39 is 0 Å². The lowest BCUT2D eigenvalue weighted by Gasteiger charge is -2.22. The molecule has 10 aromatic rings. The molecule has 2 heterocycles. The topological polar surface area (TPSA) is 18.1 Å². The second-order valence-electron chi connectivity index (χ2n) is 13.6. The van der Waals surface area contributed by atoms with Gasteiger partial charge in [0.1, 0.15) is 11.2 Å². The van der Waals surface area contributed by atoms with Crippen molar-refractivity contribution in [2.45, 2.75) is 19.3 Å². The number of fused-ring (bicyclic) bond motifs is 18. The van der Waals surface area contributed by atoms with Crippen molar-refractivity contribution in [2.24, 2.45) is 0 Å². The highest BCUT2D eigenvalue weighted by atomic mass is 16.3. The normalized spacial score (nSPS) is 13.9. The molecule has 220 valence electrons. The molecule has 0 saturated carbocycles. The minimum atomic E-state index is -0.230. The van der Waals surface area contributed by atoms with Crippen LogP contribution in [0.4, 0.5) is 0 Å². The molecule has 47 heavy (non-hydrogen) atoms. The Kier molecular flexibility index (Phi) is 4.68. The summed E-state index contributed by atoms with van der Waals surface area (Å²) in [4.78, 5) is 0. The van der Waals surface area contributed by atoms with Crippen LogP contribution in [0.3, 0.4) is 0 Å². The van der Waals surface area contributed by atoms with E-state index in [1.165, 1.54) is 92.8 Å². The zero-order chi connectivity index (χ0) is 31.0. The molecule has 0 N–H and O–H groups in total. The molecule has 0 radical (unpaired) electrons. The maximum Gasteiger partial charge on any atom is 0.140 e. The van der Waals surface area contributed by atoms with Gasteiger partial charge in [-0.05, 0) is 67.7 Å². The third-order valence-electron chi connectivity index (χ3n) is 10.9. The Morgan fingerprint density at radius 2 is 1.09 bits per heavy atom. The zero-order valence-corrected chi connectivity index (χ0v) is 26.1. The highest BCUT2D eigenvalue weighted by molar-refractivity contribution is 6.32. The van der Waals surface area contributed by atoms with E-state index in [4.69, 9.17) is 4.42 Å². The van der Waals surface area contributed by atoms with E-state index in [2.05, 4.69) is 158 Å². The van der Waals surface area contributed by atoms with Crippen molar-refractivity contribution in [3.63, 3.8) is 0 Å². The summed E-state index contributed by atoms with van der Waals surface area (Å²) in [5.41, 5.74) is 10.5. The summed E-state index contributed by atoms with van der Waals surface area (Å²) in [7, 11) is 0. The van der Waals surface area contributed by atoms with Crippen LogP contribution in [-0.4, -0.2) is 4.57 Å². The Morgan fingerprint density at radius 1 is 0.511 bits per heavy atom. The van der Waals surface area contributed by atoms with Gasteiger partial charge in [0.05, 0.1) is 11.0 Å². The molecule has 0 atom stereocenters. The number of benzene rings is 8. The number of para-hydroxylation sites is 2. The highest BCUT2D eigenvalue weighted by Gasteiger charge is 2.41. The minimum Gasteiger partial charge on any atom is -0.456 e. The van der Waals surface area contributed by atoms with Gasteiger partial charge in [-0.2, -0.15) is 0 Å². The standard InChI is InChI=1S/C45H29NO/c1-45(2)36-20-10-7-17-32(36)41-42(45)44-40(34-19-9-12-22-38(34)47-44)39-33-18-8-11-21-37(33)46(43(39)41)26-23-24-31-29-15-4-3-13-27(29)28-14-5-6-16-30(28)35(31)25-26/h3-25H,1-2H3. The Morgan fingerprint density at radius 3 is 1.83 bits per heavy atom. The van der Waals surface area contributed by atoms with Gasteiger partial charge in [0, 0.05) is 43.8 Å². The number of nitrogens with zero attached hydrogens (tertiary/aromatic N) is 1. The molecule has 0 spiro atoms. The Balaban J connectivity index is 1.40. The summed E-state index contributed by atoms with van der Waals surface area (Å²) < 4.78 is 9.41. The van der Waals surface area contributed by atoms with E-state index in [1.54, 1.807) is 0 Å². The number of rotatable bonds is 1. The van der Waals surface area contributed by atoms with Crippen LogP contribution in [0.25, 0.3) is 92.9 Å². The molecule has 8 aromatic carbocycles. The number of hydrogen-bond acceptors (Lipinski definition) is 1. The van der Waals surface area contributed by atoms with E-state index in [1.807, 2.05) is 0 Å². The average molecular weight is 600 g/mol. The summed E-state index contributed by atoms with van der Waals surface area (Å²) in [5, 5.41) is 12.6. The third-order valence-corrected chi connectivity index (χ3v) is 10.9. The molecule has 0 saturated heterocycles. The molecule has 1 aliphatic rings. The minimum absolute atomic E-state index is 0.230. The molecule has 11 rings (SSSR count). The van der Waals surface area contributed by atoms with Crippen LogP contribution in [0.2, 0.25) is 0 Å². The van der Waals surface area contributed by atoms with Crippen molar-refractivity contribution in [1.29, 1.82) is 0 Å². The van der Waals surface area contributed by atoms with Crippen molar-refractivity contribution in [2.75, 3.05) is 0 Å². The monoisotopic (exact) mass is 599 g/mol. The lowest BCUT2D eigenvalue weighted by molar-refractivity contribution is 0.620. The van der Waals surface area contributed by atoms with Gasteiger partial charge in [0.15, 0.2) is 0 Å². The Bertz CT molecular complexity index is 2950. The van der Waals surface area contributed by atoms with E-state index >= 15 is 0 Å². The summed E-state index contributed by atoms with van der Waals surface area (Å²) in [6, 6.07) is 51.2. The van der Waals surface area contributed by atoms with Crippen LogP contribution in [-0.2, 0) is 5.41 Å². The molecule has 0 aliphatic heterocycles. The van der Waals surface area contributed by atoms with Crippen molar-refractivity contribution < 1.29 is 4.42 Å². The number of aromatic nitrogens is 1. The molecule has 1 aliphatic carbocycles. The van der Waals surface area contributed by atoms with Crippen LogP contribution in [0.5, 0.6) is 0 Å². The van der Waals surface area contributed by atoms with Gasteiger partial charge in [0.25, 0.3) is 0 Å². The molecule has 0 bridgehead atoms. The van der Waals surface area contributed by atoms with Gasteiger partial charge >= 0.3 is 0 Å². The lowest BCUT2D eigenvalue weighted by atomic mass is 9.81. The van der Waals surface area contributed by atoms with Gasteiger partial charge in [-0.25, -0.2) is 0 Å². The van der Waals surface area contributed by atoms with Crippen LogP contribution in [0.15, 0.2) is 144 Å². The van der Waals surface area contributed by atoms with Gasteiger partial charge in [-0.3, -0.25) is 0 Å². The Labute approximate surface area is 271 Å². The fourth-order valence-electron chi connectivity index (χ4n) is 8.97. The first-order chi connectivity index (χ1) is 23.1. The summed E-state index contributed by atoms with van der Waals surface area (Å²) >= 11 is 0. The van der Waals surface area contributed by atoms with E-state index in [0.717, 1.165) is 11.2 Å². The smallest absolute Gasteiger partial charge is 0.140 e. The first-order valence-corrected chi connectivity index (χ1v) is 16.5. The molecule has 0 fully saturated rings. The molecular formula is C45H29NO. The molecular weight excluding hydrogens is 571 g/mol. The quantitative estimate of drug-likeness (QED) is 0.172. The van der Waals surface area contributed by atoms with E-state index in [0.29, 0.717) is 0 Å². The largest absolute Gasteiger partial charge is 0.456 e. The van der Waals surface area contributed by atoms with Gasteiger partial charge in [-0.15, -0.1) is 0 Å². The first kappa shape index (κ1) is 25.3. The van der Waals surface area contributed by atoms with Crippen LogP contribution in [0.1, 0.15) is 25.0 Å². The fraction of sp³-hybridized carbons (Fsp3) is 0.0667. The molecule has 2 aromatic heterocycles. The average Bonchev–Trinajstić information content (AvgIpc) is 3.74. The molecule has 2 nitrogen and oxygen atoms in total. The number of hydrogen-bond donors (Lipinski definition) is 0. The summed E-state index contributed by atoms with van der Waals surface area (Å²) in [6.07, 6.45) is 0. The molecule has 0 unspecified atom stereocenters. The predicted molar refractivity (Wildman–Crippen MR) is 198 cm³/mol. The third kappa shape index (κ3) is 3.06. The van der Waals surface area contributed by atoms with Gasteiger partial charge in [0.2, 0.25) is 0 Å². The highest BCUT2D eigenvalue weighted by Crippen LogP contribution is 2.57. The van der Waals surface area contributed by atoms with Crippen LogP contribution in [0, 0.1) is 0 Å². The van der Waals surface area contributed by atoms with Crippen molar-refractivity contribution in [1.82, 2.24) is 4.57 Å². The predicted octanol–water partition coefficient (Wildman–Crippen LogP) is 12.4. The molecule has 2 heteroatoms. The van der Waals surface area contributed by atoms with E-state index in [-0.39, 0.29) is 5.41 Å². The second-order valence-corrected chi connectivity index (χ2v) is 13.6. The van der Waals surface area contributed by atoms with Gasteiger partial charge < -0.3 is 8.98 Å². The van der Waals surface area contributed by atoms with Crippen LogP contribution < -0.4 is 0 Å². The maximum atomic E-state index is 6.87. The van der Waals surface area contributed by atoms with E-state index in [9.17, 15) is 0 Å². The zero-order valence-electron chi connectivity index (χ0n) is 26.1. The maximum absolute atomic E-state index is 6.87. The van der Waals surface area contributed by atoms with Gasteiger partial charge in [-0.1, -0.05) is 129 Å². The summed E-state index contributed by atoms with van der Waals surface area (Å²) in [6.45, 7) is 4.72. The van der Waals surface area contributed by atoms with Crippen molar-refractivity contribution in [3.05, 3.63) is 151 Å². The van der Waals surface area contributed by atoms with Crippen molar-refractivity contribution >= 4 is 76.1 Å². The second kappa shape index (κ2) is 8.69. The first-order valence-electron chi connectivity index (χ1n) is 16.5. The number of furan rings is 1. The lowest BCUT2D eigenvalue weighted by Crippen LogP contribution is -2.15. The summed E-state index contributed by atoms with van der Waals surface area (Å²) in [5.74, 6) is 0. The van der Waals surface area contributed by atoms with Crippen LogP contribution >= 0.6 is 0 Å². The fourth-order valence-corrected chi connectivity index (χ4v) is 8.97.